The molecule has 8 nitrogen and oxygen atoms in total. The number of aromatic nitrogens is 1. The molecular weight excluding hydrogens is 394 g/mol. The van der Waals surface area contributed by atoms with Crippen molar-refractivity contribution >= 4 is 34.0 Å². The minimum atomic E-state index is -0.677. The molecule has 0 saturated carbocycles. The van der Waals surface area contributed by atoms with Gasteiger partial charge in [0.2, 0.25) is 0 Å². The smallest absolute Gasteiger partial charge is 0.350 e. The van der Waals surface area contributed by atoms with Crippen molar-refractivity contribution in [2.24, 2.45) is 0 Å². The van der Waals surface area contributed by atoms with Crippen LogP contribution in [0.3, 0.4) is 0 Å². The number of nitro benzene ring substituents is 1. The first-order valence-corrected chi connectivity index (χ1v) is 9.52. The molecule has 29 heavy (non-hydrogen) atoms. The van der Waals surface area contributed by atoms with Crippen LogP contribution in [0.25, 0.3) is 11.3 Å². The van der Waals surface area contributed by atoms with Gasteiger partial charge in [-0.2, -0.15) is 0 Å². The standard InChI is InChI=1S/C20H17N3O5S/c1-3-28-19(25)17-15(13-9-5-4-6-10-13)21-20(29-17)22-18(24)14-11-7-8-12(2)16(14)23(26)27/h4-11H,3H2,1-2H3,(H,21,22,24). The molecule has 1 amide bonds. The number of nitro groups is 1. The van der Waals surface area contributed by atoms with Crippen LogP contribution < -0.4 is 5.32 Å². The van der Waals surface area contributed by atoms with Gasteiger partial charge in [0.25, 0.3) is 11.6 Å². The maximum atomic E-state index is 12.7. The van der Waals surface area contributed by atoms with Gasteiger partial charge in [-0.3, -0.25) is 20.2 Å². The average molecular weight is 411 g/mol. The van der Waals surface area contributed by atoms with Crippen LogP contribution in [0.1, 0.15) is 32.5 Å². The molecule has 0 fully saturated rings. The molecule has 0 aliphatic carbocycles. The Morgan fingerprint density at radius 3 is 2.55 bits per heavy atom. The zero-order valence-corrected chi connectivity index (χ0v) is 16.5. The number of anilines is 1. The topological polar surface area (TPSA) is 111 Å². The Morgan fingerprint density at radius 1 is 1.17 bits per heavy atom. The third kappa shape index (κ3) is 4.30. The zero-order chi connectivity index (χ0) is 21.0. The molecule has 0 unspecified atom stereocenters. The molecule has 1 aromatic heterocycles. The maximum absolute atomic E-state index is 12.7. The summed E-state index contributed by atoms with van der Waals surface area (Å²) in [6.45, 7) is 3.45. The third-order valence-electron chi connectivity index (χ3n) is 4.02. The summed E-state index contributed by atoms with van der Waals surface area (Å²) in [5, 5.41) is 14.1. The summed E-state index contributed by atoms with van der Waals surface area (Å²) >= 11 is 0.956. The highest BCUT2D eigenvalue weighted by Gasteiger charge is 2.25. The highest BCUT2D eigenvalue weighted by Crippen LogP contribution is 2.32. The predicted molar refractivity (Wildman–Crippen MR) is 109 cm³/mol. The molecule has 0 spiro atoms. The van der Waals surface area contributed by atoms with Gasteiger partial charge in [-0.15, -0.1) is 0 Å². The number of esters is 1. The van der Waals surface area contributed by atoms with Crippen LogP contribution in [0.5, 0.6) is 0 Å². The number of benzene rings is 2. The van der Waals surface area contributed by atoms with Gasteiger partial charge in [-0.25, -0.2) is 9.78 Å². The van der Waals surface area contributed by atoms with E-state index >= 15 is 0 Å². The maximum Gasteiger partial charge on any atom is 0.350 e. The van der Waals surface area contributed by atoms with Crippen LogP contribution in [0.15, 0.2) is 48.5 Å². The molecule has 148 valence electrons. The Labute approximate surface area is 170 Å². The second kappa shape index (κ2) is 8.61. The van der Waals surface area contributed by atoms with Gasteiger partial charge in [-0.1, -0.05) is 53.8 Å². The van der Waals surface area contributed by atoms with Crippen molar-refractivity contribution < 1.29 is 19.2 Å². The Balaban J connectivity index is 1.98. The molecule has 0 radical (unpaired) electrons. The Kier molecular flexibility index (Phi) is 5.99. The van der Waals surface area contributed by atoms with Crippen LogP contribution in [-0.2, 0) is 4.74 Å². The van der Waals surface area contributed by atoms with Gasteiger partial charge < -0.3 is 4.74 Å². The highest BCUT2D eigenvalue weighted by atomic mass is 32.1. The molecule has 1 heterocycles. The molecule has 3 aromatic rings. The molecular formula is C20H17N3O5S. The molecule has 2 aromatic carbocycles. The zero-order valence-electron chi connectivity index (χ0n) is 15.7. The van der Waals surface area contributed by atoms with E-state index in [0.29, 0.717) is 16.8 Å². The first kappa shape index (κ1) is 20.2. The van der Waals surface area contributed by atoms with E-state index < -0.39 is 16.8 Å². The normalized spacial score (nSPS) is 10.4. The van der Waals surface area contributed by atoms with Crippen molar-refractivity contribution in [1.29, 1.82) is 0 Å². The van der Waals surface area contributed by atoms with Crippen LogP contribution in [0.2, 0.25) is 0 Å². The van der Waals surface area contributed by atoms with Crippen LogP contribution in [0.4, 0.5) is 10.8 Å². The lowest BCUT2D eigenvalue weighted by atomic mass is 10.1. The van der Waals surface area contributed by atoms with Gasteiger partial charge in [0, 0.05) is 11.1 Å². The average Bonchev–Trinajstić information content (AvgIpc) is 3.12. The molecule has 0 aliphatic rings. The monoisotopic (exact) mass is 411 g/mol. The van der Waals surface area contributed by atoms with Gasteiger partial charge >= 0.3 is 5.97 Å². The number of ether oxygens (including phenoxy) is 1. The van der Waals surface area contributed by atoms with Crippen LogP contribution in [-0.4, -0.2) is 28.4 Å². The summed E-state index contributed by atoms with van der Waals surface area (Å²) in [5.74, 6) is -1.23. The number of para-hydroxylation sites is 1. The number of hydrogen-bond acceptors (Lipinski definition) is 7. The van der Waals surface area contributed by atoms with Crippen molar-refractivity contribution in [1.82, 2.24) is 4.98 Å². The second-order valence-corrected chi connectivity index (χ2v) is 6.96. The van der Waals surface area contributed by atoms with Crippen molar-refractivity contribution in [2.45, 2.75) is 13.8 Å². The minimum absolute atomic E-state index is 0.0795. The van der Waals surface area contributed by atoms with E-state index in [2.05, 4.69) is 10.3 Å². The number of thiazole rings is 1. The Bertz CT molecular complexity index is 1080. The number of aryl methyl sites for hydroxylation is 1. The van der Waals surface area contributed by atoms with Crippen molar-refractivity contribution in [3.63, 3.8) is 0 Å². The fourth-order valence-electron chi connectivity index (χ4n) is 2.75. The summed E-state index contributed by atoms with van der Waals surface area (Å²) in [6, 6.07) is 13.5. The lowest BCUT2D eigenvalue weighted by Gasteiger charge is -2.04. The SMILES string of the molecule is CCOC(=O)c1sc(NC(=O)c2cccc(C)c2[N+](=O)[O-])nc1-c1ccccc1. The van der Waals surface area contributed by atoms with Crippen molar-refractivity contribution in [2.75, 3.05) is 11.9 Å². The molecule has 0 saturated heterocycles. The first-order chi connectivity index (χ1) is 13.9. The Hall–Kier alpha value is -3.59. The van der Waals surface area contributed by atoms with Gasteiger partial charge in [0.15, 0.2) is 5.13 Å². The summed E-state index contributed by atoms with van der Waals surface area (Å²) in [5.41, 5.74) is 1.09. The van der Waals surface area contributed by atoms with Gasteiger partial charge in [0.05, 0.1) is 17.2 Å². The third-order valence-corrected chi connectivity index (χ3v) is 4.97. The quantitative estimate of drug-likeness (QED) is 0.364. The number of amides is 1. The fourth-order valence-corrected chi connectivity index (χ4v) is 3.63. The summed E-state index contributed by atoms with van der Waals surface area (Å²) in [6.07, 6.45) is 0. The Morgan fingerprint density at radius 2 is 1.90 bits per heavy atom. The van der Waals surface area contributed by atoms with E-state index in [1.165, 1.54) is 6.07 Å². The number of hydrogen-bond donors (Lipinski definition) is 1. The molecule has 9 heteroatoms. The highest BCUT2D eigenvalue weighted by molar-refractivity contribution is 7.18. The van der Waals surface area contributed by atoms with E-state index in [1.54, 1.807) is 50.2 Å². The predicted octanol–water partition coefficient (Wildman–Crippen LogP) is 4.46. The molecule has 0 atom stereocenters. The van der Waals surface area contributed by atoms with E-state index in [4.69, 9.17) is 4.74 Å². The number of carbonyl (C=O) groups excluding carboxylic acids is 2. The number of nitrogens with zero attached hydrogens (tertiary/aromatic N) is 2. The number of rotatable bonds is 6. The number of carbonyl (C=O) groups is 2. The number of nitrogens with one attached hydrogen (secondary N) is 1. The second-order valence-electron chi connectivity index (χ2n) is 5.97. The molecule has 0 bridgehead atoms. The molecule has 3 rings (SSSR count). The molecule has 1 N–H and O–H groups in total. The van der Waals surface area contributed by atoms with Gasteiger partial charge in [-0.05, 0) is 19.9 Å². The van der Waals surface area contributed by atoms with E-state index in [1.807, 2.05) is 6.07 Å². The largest absolute Gasteiger partial charge is 0.462 e. The first-order valence-electron chi connectivity index (χ1n) is 8.71. The van der Waals surface area contributed by atoms with Gasteiger partial charge in [0.1, 0.15) is 10.4 Å². The lowest BCUT2D eigenvalue weighted by molar-refractivity contribution is -0.385. The lowest BCUT2D eigenvalue weighted by Crippen LogP contribution is -2.14. The van der Waals surface area contributed by atoms with Crippen LogP contribution in [0, 0.1) is 17.0 Å². The summed E-state index contributed by atoms with van der Waals surface area (Å²) in [4.78, 5) is 40.4. The van der Waals surface area contributed by atoms with Crippen molar-refractivity contribution in [3.05, 3.63) is 74.6 Å². The fraction of sp³-hybridized carbons (Fsp3) is 0.150. The summed E-state index contributed by atoms with van der Waals surface area (Å²) < 4.78 is 5.09. The van der Waals surface area contributed by atoms with Crippen molar-refractivity contribution in [3.8, 4) is 11.3 Å². The minimum Gasteiger partial charge on any atom is -0.462 e. The summed E-state index contributed by atoms with van der Waals surface area (Å²) in [7, 11) is 0. The molecule has 0 aliphatic heterocycles. The van der Waals surface area contributed by atoms with E-state index in [0.717, 1.165) is 11.3 Å². The van der Waals surface area contributed by atoms with Crippen LogP contribution >= 0.6 is 11.3 Å². The van der Waals surface area contributed by atoms with E-state index in [-0.39, 0.29) is 27.9 Å². The van der Waals surface area contributed by atoms with E-state index in [9.17, 15) is 19.7 Å².